The Bertz CT molecular complexity index is 702. The van der Waals surface area contributed by atoms with E-state index >= 15 is 0 Å². The molecule has 0 aromatic heterocycles. The highest BCUT2D eigenvalue weighted by Crippen LogP contribution is 2.49. The van der Waals surface area contributed by atoms with Crippen LogP contribution in [0.3, 0.4) is 0 Å². The average molecular weight is 531 g/mol. The SMILES string of the molecule is CCCCC(CCSCCCCCCCCC(C)OOP(=O)(OCCC)C(=O)O)c1ccccc1. The minimum atomic E-state index is -4.26. The van der Waals surface area contributed by atoms with Crippen LogP contribution in [0.1, 0.15) is 109 Å². The molecule has 0 saturated heterocycles. The van der Waals surface area contributed by atoms with E-state index in [2.05, 4.69) is 53.7 Å². The molecule has 1 rings (SSSR count). The summed E-state index contributed by atoms with van der Waals surface area (Å²) in [6.07, 6.45) is 13.1. The summed E-state index contributed by atoms with van der Waals surface area (Å²) in [4.78, 5) is 16.2. The maximum atomic E-state index is 12.1. The van der Waals surface area contributed by atoms with Gasteiger partial charge in [0.25, 0.3) is 0 Å². The van der Waals surface area contributed by atoms with E-state index in [-0.39, 0.29) is 12.7 Å². The smallest absolute Gasteiger partial charge is 0.464 e. The molecule has 0 aliphatic rings. The molecule has 6 nitrogen and oxygen atoms in total. The minimum Gasteiger partial charge on any atom is -0.472 e. The fraction of sp³-hybridized carbons (Fsp3) is 0.741. The molecule has 0 aliphatic heterocycles. The van der Waals surface area contributed by atoms with Gasteiger partial charge in [0.2, 0.25) is 0 Å². The van der Waals surface area contributed by atoms with E-state index in [1.165, 1.54) is 68.4 Å². The molecule has 1 aromatic carbocycles. The number of hydrogen-bond donors (Lipinski definition) is 1. The van der Waals surface area contributed by atoms with Crippen molar-refractivity contribution in [3.05, 3.63) is 35.9 Å². The first-order valence-corrected chi connectivity index (χ1v) is 16.1. The van der Waals surface area contributed by atoms with Gasteiger partial charge < -0.3 is 5.11 Å². The number of carboxylic acid groups (broad SMARTS) is 1. The fourth-order valence-electron chi connectivity index (χ4n) is 3.82. The van der Waals surface area contributed by atoms with Crippen molar-refractivity contribution in [1.29, 1.82) is 0 Å². The van der Waals surface area contributed by atoms with E-state index in [0.717, 1.165) is 19.3 Å². The summed E-state index contributed by atoms with van der Waals surface area (Å²) in [5.41, 5.74) is -0.127. The van der Waals surface area contributed by atoms with Gasteiger partial charge in [-0.1, -0.05) is 89.1 Å². The third-order valence-corrected chi connectivity index (χ3v) is 8.32. The number of rotatable bonds is 23. The first-order chi connectivity index (χ1) is 16.9. The van der Waals surface area contributed by atoms with Crippen LogP contribution in [0.25, 0.3) is 0 Å². The zero-order valence-electron chi connectivity index (χ0n) is 22.0. The van der Waals surface area contributed by atoms with Gasteiger partial charge in [-0.3, -0.25) is 4.52 Å². The van der Waals surface area contributed by atoms with Crippen LogP contribution in [-0.4, -0.2) is 35.0 Å². The van der Waals surface area contributed by atoms with Gasteiger partial charge in [-0.2, -0.15) is 11.8 Å². The van der Waals surface area contributed by atoms with E-state index in [1.54, 1.807) is 13.8 Å². The molecule has 1 aromatic rings. The topological polar surface area (TPSA) is 82.1 Å². The standard InChI is InChI=1S/C27H47O6PS/c1-4-6-17-26(25-18-13-11-14-19-25)20-23-35-22-15-10-8-7-9-12-16-24(3)32-33-34(30,27(28)29)31-21-5-2/h11,13-14,18-19,24,26H,4-10,12,15-17,20-23H2,1-3H3,(H,28,29). The summed E-state index contributed by atoms with van der Waals surface area (Å²) in [6, 6.07) is 11.0. The number of unbranched alkanes of at least 4 members (excludes halogenated alkanes) is 6. The number of thioether (sulfide) groups is 1. The second-order valence-corrected chi connectivity index (χ2v) is 12.2. The van der Waals surface area contributed by atoms with Gasteiger partial charge >= 0.3 is 13.3 Å². The van der Waals surface area contributed by atoms with Crippen LogP contribution in [0.5, 0.6) is 0 Å². The molecule has 0 bridgehead atoms. The van der Waals surface area contributed by atoms with Crippen LogP contribution in [0.4, 0.5) is 4.79 Å². The molecular formula is C27H47O6PS. The summed E-state index contributed by atoms with van der Waals surface area (Å²) in [7, 11) is -4.26. The molecule has 0 aliphatic carbocycles. The Kier molecular flexibility index (Phi) is 18.6. The molecule has 1 N–H and O–H groups in total. The Morgan fingerprint density at radius 3 is 2.26 bits per heavy atom. The molecule has 35 heavy (non-hydrogen) atoms. The molecule has 8 heteroatoms. The predicted molar refractivity (Wildman–Crippen MR) is 146 cm³/mol. The van der Waals surface area contributed by atoms with E-state index in [9.17, 15) is 9.36 Å². The monoisotopic (exact) mass is 530 g/mol. The average Bonchev–Trinajstić information content (AvgIpc) is 2.86. The van der Waals surface area contributed by atoms with Crippen molar-refractivity contribution in [2.75, 3.05) is 18.1 Å². The van der Waals surface area contributed by atoms with Crippen LogP contribution >= 0.6 is 19.4 Å². The second kappa shape index (κ2) is 20.2. The first-order valence-electron chi connectivity index (χ1n) is 13.4. The van der Waals surface area contributed by atoms with E-state index in [0.29, 0.717) is 12.3 Å². The van der Waals surface area contributed by atoms with Gasteiger partial charge in [0.15, 0.2) is 0 Å². The summed E-state index contributed by atoms with van der Waals surface area (Å²) in [6.45, 7) is 5.90. The second-order valence-electron chi connectivity index (χ2n) is 9.16. The van der Waals surface area contributed by atoms with Crippen LogP contribution < -0.4 is 0 Å². The van der Waals surface area contributed by atoms with Gasteiger partial charge in [0.1, 0.15) is 0 Å². The molecule has 0 spiro atoms. The van der Waals surface area contributed by atoms with Gasteiger partial charge in [-0.05, 0) is 62.0 Å². The van der Waals surface area contributed by atoms with Gasteiger partial charge in [0, 0.05) is 0 Å². The molecule has 0 radical (unpaired) electrons. The highest BCUT2D eigenvalue weighted by Gasteiger charge is 2.37. The third kappa shape index (κ3) is 15.1. The highest BCUT2D eigenvalue weighted by atomic mass is 32.2. The van der Waals surface area contributed by atoms with Crippen molar-refractivity contribution in [2.24, 2.45) is 0 Å². The maximum absolute atomic E-state index is 12.1. The Hall–Kier alpha value is -0.850. The van der Waals surface area contributed by atoms with Crippen molar-refractivity contribution in [3.63, 3.8) is 0 Å². The van der Waals surface area contributed by atoms with Crippen molar-refractivity contribution in [1.82, 2.24) is 0 Å². The van der Waals surface area contributed by atoms with Crippen molar-refractivity contribution >= 4 is 25.1 Å². The number of benzene rings is 1. The molecule has 0 fully saturated rings. The van der Waals surface area contributed by atoms with Crippen LogP contribution in [0, 0.1) is 0 Å². The predicted octanol–water partition coefficient (Wildman–Crippen LogP) is 9.45. The van der Waals surface area contributed by atoms with Gasteiger partial charge in [-0.25, -0.2) is 14.2 Å². The Labute approximate surface area is 217 Å². The van der Waals surface area contributed by atoms with Crippen molar-refractivity contribution in [2.45, 2.75) is 110 Å². The quantitative estimate of drug-likeness (QED) is 0.0653. The van der Waals surface area contributed by atoms with Gasteiger partial charge in [0.05, 0.1) is 12.7 Å². The Balaban J connectivity index is 2.04. The lowest BCUT2D eigenvalue weighted by Crippen LogP contribution is -2.12. The highest BCUT2D eigenvalue weighted by molar-refractivity contribution is 7.99. The molecular weight excluding hydrogens is 483 g/mol. The third-order valence-electron chi connectivity index (χ3n) is 5.94. The zero-order chi connectivity index (χ0) is 25.8. The van der Waals surface area contributed by atoms with Crippen molar-refractivity contribution in [3.8, 4) is 0 Å². The lowest BCUT2D eigenvalue weighted by atomic mass is 9.91. The Morgan fingerprint density at radius 2 is 1.60 bits per heavy atom. The van der Waals surface area contributed by atoms with E-state index in [1.807, 2.05) is 0 Å². The lowest BCUT2D eigenvalue weighted by Gasteiger charge is -2.17. The maximum Gasteiger partial charge on any atom is 0.464 e. The van der Waals surface area contributed by atoms with Crippen LogP contribution in [-0.2, 0) is 18.7 Å². The largest absolute Gasteiger partial charge is 0.472 e. The summed E-state index contributed by atoms with van der Waals surface area (Å²) in [5, 5.41) is 9.04. The number of carbonyl (C=O) groups is 1. The molecule has 202 valence electrons. The Morgan fingerprint density at radius 1 is 0.914 bits per heavy atom. The number of hydrogen-bond acceptors (Lipinski definition) is 6. The lowest BCUT2D eigenvalue weighted by molar-refractivity contribution is -0.247. The molecule has 3 atom stereocenters. The van der Waals surface area contributed by atoms with E-state index < -0.39 is 13.3 Å². The molecule has 0 saturated carbocycles. The molecule has 0 heterocycles. The molecule has 3 unspecified atom stereocenters. The minimum absolute atomic E-state index is 0.0486. The normalized spacial score (nSPS) is 14.9. The van der Waals surface area contributed by atoms with Gasteiger partial charge in [-0.15, -0.1) is 4.67 Å². The van der Waals surface area contributed by atoms with Crippen LogP contribution in [0.2, 0.25) is 0 Å². The van der Waals surface area contributed by atoms with E-state index in [4.69, 9.17) is 14.5 Å². The molecule has 0 amide bonds. The first kappa shape index (κ1) is 32.2. The zero-order valence-corrected chi connectivity index (χ0v) is 23.7. The summed E-state index contributed by atoms with van der Waals surface area (Å²) >= 11 is 2.09. The van der Waals surface area contributed by atoms with Crippen LogP contribution in [0.15, 0.2) is 30.3 Å². The summed E-state index contributed by atoms with van der Waals surface area (Å²) in [5.74, 6) is 3.17. The fourth-order valence-corrected chi connectivity index (χ4v) is 5.79. The summed E-state index contributed by atoms with van der Waals surface area (Å²) < 4.78 is 21.6. The van der Waals surface area contributed by atoms with Crippen molar-refractivity contribution < 1.29 is 28.6 Å².